The summed E-state index contributed by atoms with van der Waals surface area (Å²) in [6.07, 6.45) is 0.572. The van der Waals surface area contributed by atoms with Crippen LogP contribution in [0.5, 0.6) is 11.5 Å². The van der Waals surface area contributed by atoms with E-state index in [0.29, 0.717) is 12.2 Å². The molecule has 0 bridgehead atoms. The van der Waals surface area contributed by atoms with Crippen LogP contribution in [0.4, 0.5) is 4.39 Å². The van der Waals surface area contributed by atoms with Crippen LogP contribution in [0.25, 0.3) is 0 Å². The highest BCUT2D eigenvalue weighted by molar-refractivity contribution is 9.10. The number of hydrogen-bond acceptors (Lipinski definition) is 2. The van der Waals surface area contributed by atoms with Gasteiger partial charge in [-0.2, -0.15) is 0 Å². The molecule has 2 rings (SSSR count). The summed E-state index contributed by atoms with van der Waals surface area (Å²) in [7, 11) is 0. The molecule has 0 saturated carbocycles. The van der Waals surface area contributed by atoms with Crippen LogP contribution in [0.15, 0.2) is 40.9 Å². The topological polar surface area (TPSA) is 35.2 Å². The molecule has 0 amide bonds. The van der Waals surface area contributed by atoms with Crippen LogP contribution in [-0.4, -0.2) is 6.04 Å². The van der Waals surface area contributed by atoms with Gasteiger partial charge in [0, 0.05) is 10.5 Å². The second-order valence-electron chi connectivity index (χ2n) is 4.95. The summed E-state index contributed by atoms with van der Waals surface area (Å²) in [5, 5.41) is 0. The molecule has 1 atom stereocenters. The van der Waals surface area contributed by atoms with Crippen molar-refractivity contribution in [3.8, 4) is 11.5 Å². The molecule has 20 heavy (non-hydrogen) atoms. The highest BCUT2D eigenvalue weighted by Gasteiger charge is 2.09. The van der Waals surface area contributed by atoms with Crippen molar-refractivity contribution in [2.45, 2.75) is 26.3 Å². The fourth-order valence-electron chi connectivity index (χ4n) is 1.96. The Bertz CT molecular complexity index is 613. The van der Waals surface area contributed by atoms with Crippen LogP contribution in [0, 0.1) is 12.7 Å². The molecule has 4 heteroatoms. The number of nitrogens with two attached hydrogens (primary N) is 1. The number of halogens is 2. The standard InChI is InChI=1S/C16H17BrFNO/c1-10-7-14(4-5-15(10)17)20-16-6-3-13(18)9-12(16)8-11(2)19/h3-7,9,11H,8,19H2,1-2H3. The lowest BCUT2D eigenvalue weighted by Crippen LogP contribution is -2.18. The van der Waals surface area contributed by atoms with Crippen LogP contribution >= 0.6 is 15.9 Å². The minimum Gasteiger partial charge on any atom is -0.457 e. The summed E-state index contributed by atoms with van der Waals surface area (Å²) in [6, 6.07) is 10.2. The van der Waals surface area contributed by atoms with E-state index < -0.39 is 0 Å². The first-order chi connectivity index (χ1) is 9.45. The Morgan fingerprint density at radius 3 is 2.65 bits per heavy atom. The van der Waals surface area contributed by atoms with Crippen molar-refractivity contribution < 1.29 is 9.13 Å². The quantitative estimate of drug-likeness (QED) is 0.886. The van der Waals surface area contributed by atoms with Crippen LogP contribution in [0.3, 0.4) is 0 Å². The van der Waals surface area contributed by atoms with Crippen molar-refractivity contribution in [2.75, 3.05) is 0 Å². The van der Waals surface area contributed by atoms with Gasteiger partial charge >= 0.3 is 0 Å². The first kappa shape index (κ1) is 15.0. The van der Waals surface area contributed by atoms with Gasteiger partial charge in [-0.1, -0.05) is 15.9 Å². The van der Waals surface area contributed by atoms with E-state index in [-0.39, 0.29) is 11.9 Å². The van der Waals surface area contributed by atoms with Crippen molar-refractivity contribution in [3.05, 3.63) is 57.8 Å². The second-order valence-corrected chi connectivity index (χ2v) is 5.80. The Morgan fingerprint density at radius 2 is 2.00 bits per heavy atom. The molecule has 0 fully saturated rings. The summed E-state index contributed by atoms with van der Waals surface area (Å²) in [5.74, 6) is 1.09. The number of hydrogen-bond donors (Lipinski definition) is 1. The fraction of sp³-hybridized carbons (Fsp3) is 0.250. The summed E-state index contributed by atoms with van der Waals surface area (Å²) in [5.41, 5.74) is 7.66. The minimum atomic E-state index is -0.278. The third-order valence-corrected chi connectivity index (χ3v) is 3.81. The molecule has 0 aromatic heterocycles. The third-order valence-electron chi connectivity index (χ3n) is 2.92. The number of aryl methyl sites for hydroxylation is 1. The Hall–Kier alpha value is -1.39. The van der Waals surface area contributed by atoms with Gasteiger partial charge < -0.3 is 10.5 Å². The van der Waals surface area contributed by atoms with E-state index in [1.54, 1.807) is 6.07 Å². The zero-order valence-corrected chi connectivity index (χ0v) is 13.1. The van der Waals surface area contributed by atoms with Crippen molar-refractivity contribution in [3.63, 3.8) is 0 Å². The zero-order chi connectivity index (χ0) is 14.7. The third kappa shape index (κ3) is 3.81. The summed E-state index contributed by atoms with van der Waals surface area (Å²) < 4.78 is 20.2. The van der Waals surface area contributed by atoms with Gasteiger partial charge in [-0.25, -0.2) is 4.39 Å². The predicted octanol–water partition coefficient (Wildman–Crippen LogP) is 4.58. The number of ether oxygens (including phenoxy) is 1. The van der Waals surface area contributed by atoms with Gasteiger partial charge in [0.25, 0.3) is 0 Å². The van der Waals surface area contributed by atoms with Gasteiger partial charge in [0.1, 0.15) is 17.3 Å². The molecule has 0 aliphatic heterocycles. The number of rotatable bonds is 4. The molecule has 0 radical (unpaired) electrons. The molecule has 2 aromatic carbocycles. The van der Waals surface area contributed by atoms with Gasteiger partial charge in [0.05, 0.1) is 0 Å². The Balaban J connectivity index is 2.30. The van der Waals surface area contributed by atoms with Crippen molar-refractivity contribution in [1.29, 1.82) is 0 Å². The predicted molar refractivity (Wildman–Crippen MR) is 82.7 cm³/mol. The molecule has 2 N–H and O–H groups in total. The molecule has 0 aliphatic carbocycles. The maximum Gasteiger partial charge on any atom is 0.130 e. The van der Waals surface area contributed by atoms with E-state index in [2.05, 4.69) is 15.9 Å². The molecule has 0 saturated heterocycles. The summed E-state index contributed by atoms with van der Waals surface area (Å²) >= 11 is 3.45. The van der Waals surface area contributed by atoms with Crippen LogP contribution in [0.1, 0.15) is 18.1 Å². The normalized spacial score (nSPS) is 12.2. The van der Waals surface area contributed by atoms with Crippen LogP contribution < -0.4 is 10.5 Å². The average molecular weight is 338 g/mol. The van der Waals surface area contributed by atoms with E-state index in [0.717, 1.165) is 21.3 Å². The van der Waals surface area contributed by atoms with E-state index >= 15 is 0 Å². The molecule has 2 nitrogen and oxygen atoms in total. The van der Waals surface area contributed by atoms with Gasteiger partial charge in [0.2, 0.25) is 0 Å². The fourth-order valence-corrected chi connectivity index (χ4v) is 2.21. The van der Waals surface area contributed by atoms with Gasteiger partial charge in [0.15, 0.2) is 0 Å². The SMILES string of the molecule is Cc1cc(Oc2ccc(F)cc2CC(C)N)ccc1Br. The molecule has 0 spiro atoms. The smallest absolute Gasteiger partial charge is 0.130 e. The van der Waals surface area contributed by atoms with E-state index in [1.807, 2.05) is 32.0 Å². The molecule has 0 heterocycles. The molecule has 0 aliphatic rings. The lowest BCUT2D eigenvalue weighted by molar-refractivity contribution is 0.470. The first-order valence-electron chi connectivity index (χ1n) is 6.43. The Kier molecular flexibility index (Phi) is 4.78. The van der Waals surface area contributed by atoms with Gasteiger partial charge in [-0.3, -0.25) is 0 Å². The lowest BCUT2D eigenvalue weighted by atomic mass is 10.1. The van der Waals surface area contributed by atoms with Crippen molar-refractivity contribution in [2.24, 2.45) is 5.73 Å². The average Bonchev–Trinajstić information content (AvgIpc) is 2.36. The van der Waals surface area contributed by atoms with Crippen molar-refractivity contribution >= 4 is 15.9 Å². The van der Waals surface area contributed by atoms with Gasteiger partial charge in [-0.15, -0.1) is 0 Å². The second kappa shape index (κ2) is 6.37. The minimum absolute atomic E-state index is 0.0502. The maximum absolute atomic E-state index is 13.4. The highest BCUT2D eigenvalue weighted by atomic mass is 79.9. The van der Waals surface area contributed by atoms with E-state index in [9.17, 15) is 4.39 Å². The maximum atomic E-state index is 13.4. The molecule has 2 aromatic rings. The monoisotopic (exact) mass is 337 g/mol. The Morgan fingerprint density at radius 1 is 1.25 bits per heavy atom. The molecular weight excluding hydrogens is 321 g/mol. The van der Waals surface area contributed by atoms with Crippen molar-refractivity contribution in [1.82, 2.24) is 0 Å². The molecule has 106 valence electrons. The zero-order valence-electron chi connectivity index (χ0n) is 11.5. The van der Waals surface area contributed by atoms with Crippen LogP contribution in [0.2, 0.25) is 0 Å². The molecule has 1 unspecified atom stereocenters. The summed E-state index contributed by atoms with van der Waals surface area (Å²) in [6.45, 7) is 3.88. The Labute approximate surface area is 126 Å². The number of benzene rings is 2. The molecular formula is C16H17BrFNO. The lowest BCUT2D eigenvalue weighted by Gasteiger charge is -2.13. The van der Waals surface area contributed by atoms with E-state index in [4.69, 9.17) is 10.5 Å². The van der Waals surface area contributed by atoms with Crippen LogP contribution in [-0.2, 0) is 6.42 Å². The highest BCUT2D eigenvalue weighted by Crippen LogP contribution is 2.29. The summed E-state index contributed by atoms with van der Waals surface area (Å²) in [4.78, 5) is 0. The first-order valence-corrected chi connectivity index (χ1v) is 7.23. The largest absolute Gasteiger partial charge is 0.457 e. The van der Waals surface area contributed by atoms with Gasteiger partial charge in [-0.05, 0) is 67.8 Å². The van der Waals surface area contributed by atoms with E-state index in [1.165, 1.54) is 12.1 Å².